The summed E-state index contributed by atoms with van der Waals surface area (Å²) in [5.74, 6) is -0.00572. The van der Waals surface area contributed by atoms with Crippen LogP contribution in [0, 0.1) is 16.7 Å². The van der Waals surface area contributed by atoms with Gasteiger partial charge in [0.2, 0.25) is 6.29 Å². The molecule has 38 heavy (non-hydrogen) atoms. The Morgan fingerprint density at radius 3 is 2.50 bits per heavy atom. The first kappa shape index (κ1) is 26.4. The molecule has 10 atom stereocenters. The zero-order valence-electron chi connectivity index (χ0n) is 22.7. The van der Waals surface area contributed by atoms with Crippen LogP contribution >= 0.6 is 0 Å². The largest absolute Gasteiger partial charge is 0.428 e. The van der Waals surface area contributed by atoms with Crippen molar-refractivity contribution in [3.8, 4) is 0 Å². The van der Waals surface area contributed by atoms with Crippen LogP contribution in [0.15, 0.2) is 46.1 Å². The van der Waals surface area contributed by atoms with Crippen molar-refractivity contribution in [3.05, 3.63) is 46.1 Å². The maximum Gasteiger partial charge on any atom is 0.333 e. The summed E-state index contributed by atoms with van der Waals surface area (Å²) in [6.45, 7) is 6.42. The summed E-state index contributed by atoms with van der Waals surface area (Å²) >= 11 is 0. The van der Waals surface area contributed by atoms with Gasteiger partial charge in [-0.1, -0.05) is 31.6 Å². The zero-order chi connectivity index (χ0) is 27.0. The van der Waals surface area contributed by atoms with Crippen molar-refractivity contribution in [2.75, 3.05) is 7.11 Å². The van der Waals surface area contributed by atoms with Crippen LogP contribution in [0.3, 0.4) is 0 Å². The van der Waals surface area contributed by atoms with Gasteiger partial charge in [0.25, 0.3) is 0 Å². The number of hydrogen-bond acceptors (Lipinski definition) is 8. The Hall–Kier alpha value is -1.81. The van der Waals surface area contributed by atoms with E-state index in [2.05, 4.69) is 26.0 Å². The van der Waals surface area contributed by atoms with Gasteiger partial charge in [-0.3, -0.25) is 0 Å². The lowest BCUT2D eigenvalue weighted by atomic mass is 9.52. The molecule has 0 aromatic heterocycles. The summed E-state index contributed by atoms with van der Waals surface area (Å²) in [5, 5.41) is 31.4. The lowest BCUT2D eigenvalue weighted by Crippen LogP contribution is -2.59. The van der Waals surface area contributed by atoms with Gasteiger partial charge in [0.1, 0.15) is 18.3 Å². The maximum absolute atomic E-state index is 11.8. The standard InChI is InChI=1S/C30H40O8/c1-15-24(32)26(35-4)25(33)28(36-15)37-17-9-11-29(2)16(13-17)5-6-18-20-7-8-21(19-14-23(31)38-27(19)34)30(20,3)12-10-22(18)29/h7-8,14-17,24-28,32-34H,5-6,9-13H2,1-4H3/t15-,16-,17+,24+,25-,26+,27-,28+,29+,30+/m1/s1. The van der Waals surface area contributed by atoms with Crippen LogP contribution in [-0.4, -0.2) is 71.5 Å². The molecule has 1 saturated heterocycles. The van der Waals surface area contributed by atoms with E-state index in [0.29, 0.717) is 11.5 Å². The fourth-order valence-electron chi connectivity index (χ4n) is 8.23. The molecule has 0 amide bonds. The number of methoxy groups -OCH3 is 1. The molecule has 2 fully saturated rings. The number of esters is 1. The third kappa shape index (κ3) is 3.91. The number of fused-ring (bicyclic) bond motifs is 4. The molecule has 6 rings (SSSR count). The van der Waals surface area contributed by atoms with E-state index in [0.717, 1.165) is 50.5 Å². The van der Waals surface area contributed by atoms with Crippen LogP contribution in [0.25, 0.3) is 0 Å². The summed E-state index contributed by atoms with van der Waals surface area (Å²) in [4.78, 5) is 11.8. The second-order valence-corrected chi connectivity index (χ2v) is 12.4. The van der Waals surface area contributed by atoms with E-state index in [4.69, 9.17) is 18.9 Å². The molecule has 0 bridgehead atoms. The molecule has 0 aromatic carbocycles. The smallest absolute Gasteiger partial charge is 0.333 e. The van der Waals surface area contributed by atoms with Crippen LogP contribution in [0.2, 0.25) is 0 Å². The molecular formula is C30H40O8. The van der Waals surface area contributed by atoms with E-state index in [-0.39, 0.29) is 16.9 Å². The third-order valence-corrected chi connectivity index (χ3v) is 10.5. The molecule has 2 aliphatic heterocycles. The number of carbonyl (C=O) groups excluding carboxylic acids is 1. The molecule has 4 aliphatic carbocycles. The summed E-state index contributed by atoms with van der Waals surface area (Å²) in [6.07, 6.45) is 7.32. The molecular weight excluding hydrogens is 488 g/mol. The number of rotatable bonds is 4. The quantitative estimate of drug-likeness (QED) is 0.477. The molecule has 0 radical (unpaired) electrons. The highest BCUT2D eigenvalue weighted by Crippen LogP contribution is 2.63. The first-order valence-electron chi connectivity index (χ1n) is 14.0. The monoisotopic (exact) mass is 528 g/mol. The van der Waals surface area contributed by atoms with Gasteiger partial charge in [0, 0.05) is 24.2 Å². The minimum absolute atomic E-state index is 0.0176. The van der Waals surface area contributed by atoms with E-state index in [1.165, 1.54) is 24.3 Å². The molecule has 0 unspecified atom stereocenters. The van der Waals surface area contributed by atoms with Gasteiger partial charge in [-0.2, -0.15) is 0 Å². The average molecular weight is 529 g/mol. The number of allylic oxidation sites excluding steroid dienone is 5. The van der Waals surface area contributed by atoms with Gasteiger partial charge >= 0.3 is 5.97 Å². The summed E-state index contributed by atoms with van der Waals surface area (Å²) in [5.41, 5.74) is 5.81. The summed E-state index contributed by atoms with van der Waals surface area (Å²) < 4.78 is 22.5. The van der Waals surface area contributed by atoms with Crippen molar-refractivity contribution in [1.82, 2.24) is 0 Å². The van der Waals surface area contributed by atoms with Crippen molar-refractivity contribution in [2.24, 2.45) is 16.7 Å². The van der Waals surface area contributed by atoms with Crippen LogP contribution < -0.4 is 0 Å². The zero-order valence-corrected chi connectivity index (χ0v) is 22.7. The molecule has 208 valence electrons. The van der Waals surface area contributed by atoms with Gasteiger partial charge in [0.05, 0.1) is 12.2 Å². The van der Waals surface area contributed by atoms with E-state index in [1.54, 1.807) is 12.5 Å². The molecule has 3 N–H and O–H groups in total. The Labute approximate surface area is 224 Å². The van der Waals surface area contributed by atoms with Crippen molar-refractivity contribution in [2.45, 2.75) is 109 Å². The average Bonchev–Trinajstić information content (AvgIpc) is 3.40. The fourth-order valence-corrected chi connectivity index (χ4v) is 8.23. The normalized spacial score (nSPS) is 46.5. The highest BCUT2D eigenvalue weighted by molar-refractivity contribution is 5.87. The van der Waals surface area contributed by atoms with Gasteiger partial charge in [0.15, 0.2) is 6.29 Å². The Morgan fingerprint density at radius 1 is 1.03 bits per heavy atom. The fraction of sp³-hybridized carbons (Fsp3) is 0.700. The minimum atomic E-state index is -1.19. The lowest BCUT2D eigenvalue weighted by Gasteiger charge is -2.54. The van der Waals surface area contributed by atoms with Crippen molar-refractivity contribution in [3.63, 3.8) is 0 Å². The number of aliphatic hydroxyl groups is 3. The molecule has 0 aromatic rings. The van der Waals surface area contributed by atoms with Crippen LogP contribution in [0.5, 0.6) is 0 Å². The van der Waals surface area contributed by atoms with Gasteiger partial charge in [-0.25, -0.2) is 4.79 Å². The molecule has 2 heterocycles. The number of hydrogen-bond donors (Lipinski definition) is 3. The van der Waals surface area contributed by atoms with Gasteiger partial charge < -0.3 is 34.3 Å². The predicted octanol–water partition coefficient (Wildman–Crippen LogP) is 3.22. The van der Waals surface area contributed by atoms with E-state index >= 15 is 0 Å². The van der Waals surface area contributed by atoms with E-state index < -0.39 is 43.0 Å². The highest BCUT2D eigenvalue weighted by atomic mass is 16.7. The summed E-state index contributed by atoms with van der Waals surface area (Å²) in [6, 6.07) is 0. The second-order valence-electron chi connectivity index (χ2n) is 12.4. The van der Waals surface area contributed by atoms with Gasteiger partial charge in [-0.05, 0) is 79.9 Å². The number of ether oxygens (including phenoxy) is 4. The van der Waals surface area contributed by atoms with Crippen molar-refractivity contribution >= 4 is 5.97 Å². The van der Waals surface area contributed by atoms with Gasteiger partial charge in [-0.15, -0.1) is 0 Å². The van der Waals surface area contributed by atoms with Crippen LogP contribution in [-0.2, 0) is 23.7 Å². The predicted molar refractivity (Wildman–Crippen MR) is 137 cm³/mol. The molecule has 6 aliphatic rings. The Bertz CT molecular complexity index is 1140. The molecule has 8 nitrogen and oxygen atoms in total. The Kier molecular flexibility index (Phi) is 6.53. The first-order chi connectivity index (χ1) is 18.1. The van der Waals surface area contributed by atoms with E-state index in [1.807, 2.05) is 0 Å². The first-order valence-corrected chi connectivity index (χ1v) is 14.0. The topological polar surface area (TPSA) is 115 Å². The number of carbonyl (C=O) groups is 1. The molecule has 0 spiro atoms. The number of aliphatic hydroxyl groups excluding tert-OH is 3. The van der Waals surface area contributed by atoms with Crippen molar-refractivity contribution in [1.29, 1.82) is 0 Å². The summed E-state index contributed by atoms with van der Waals surface area (Å²) in [7, 11) is 1.49. The third-order valence-electron chi connectivity index (χ3n) is 10.5. The SMILES string of the molecule is CO[C@H]1[C@@H](O)[C@@H](C)O[C@@H](O[C@H]2CC[C@]3(C)C4=C(CC[C@@H]3C2)C2=CC=C(C3=CC(=O)O[C@H]3O)[C@@]2(C)CC4)[C@@H]1O. The van der Waals surface area contributed by atoms with Crippen LogP contribution in [0.1, 0.15) is 65.7 Å². The molecule has 8 heteroatoms. The molecule has 1 saturated carbocycles. The number of cyclic esters (lactones) is 1. The maximum atomic E-state index is 11.8. The van der Waals surface area contributed by atoms with Crippen molar-refractivity contribution < 1.29 is 39.1 Å². The lowest BCUT2D eigenvalue weighted by molar-refractivity contribution is -0.311. The second kappa shape index (κ2) is 9.39. The van der Waals surface area contributed by atoms with Crippen LogP contribution in [0.4, 0.5) is 0 Å². The Balaban J connectivity index is 1.18. The van der Waals surface area contributed by atoms with E-state index in [9.17, 15) is 20.1 Å². The highest BCUT2D eigenvalue weighted by Gasteiger charge is 2.53. The Morgan fingerprint density at radius 2 is 1.79 bits per heavy atom. The minimum Gasteiger partial charge on any atom is -0.428 e.